The van der Waals surface area contributed by atoms with Gasteiger partial charge >= 0.3 is 0 Å². The van der Waals surface area contributed by atoms with Crippen LogP contribution >= 0.6 is 11.3 Å². The number of nitrogens with one attached hydrogen (secondary N) is 2. The first-order valence-electron chi connectivity index (χ1n) is 9.36. The summed E-state index contributed by atoms with van der Waals surface area (Å²) in [6, 6.07) is 13.0. The van der Waals surface area contributed by atoms with Crippen LogP contribution in [0.15, 0.2) is 54.0 Å². The molecule has 3 aromatic rings. The Kier molecular flexibility index (Phi) is 5.26. The topological polar surface area (TPSA) is 87.2 Å². The lowest BCUT2D eigenvalue weighted by Gasteiger charge is -2.39. The molecule has 7 nitrogen and oxygen atoms in total. The number of thiazole rings is 1. The molecule has 2 aromatic heterocycles. The van der Waals surface area contributed by atoms with Gasteiger partial charge in [-0.2, -0.15) is 0 Å². The first kappa shape index (κ1) is 19.1. The van der Waals surface area contributed by atoms with Crippen molar-refractivity contribution in [2.24, 2.45) is 5.92 Å². The maximum Gasteiger partial charge on any atom is 0.258 e. The average molecular weight is 407 g/mol. The van der Waals surface area contributed by atoms with E-state index in [-0.39, 0.29) is 30.4 Å². The van der Waals surface area contributed by atoms with Crippen molar-refractivity contribution in [1.29, 1.82) is 0 Å². The number of anilines is 2. The van der Waals surface area contributed by atoms with Crippen LogP contribution in [-0.2, 0) is 4.79 Å². The maximum atomic E-state index is 13.0. The molecule has 29 heavy (non-hydrogen) atoms. The largest absolute Gasteiger partial charge is 0.364 e. The van der Waals surface area contributed by atoms with Crippen molar-refractivity contribution < 1.29 is 9.59 Å². The van der Waals surface area contributed by atoms with Crippen LogP contribution in [0, 0.1) is 5.92 Å². The molecule has 0 radical (unpaired) electrons. The highest BCUT2D eigenvalue weighted by molar-refractivity contribution is 7.14. The normalized spacial score (nSPS) is 15.8. The predicted molar refractivity (Wildman–Crippen MR) is 114 cm³/mol. The van der Waals surface area contributed by atoms with Gasteiger partial charge in [-0.1, -0.05) is 32.0 Å². The van der Waals surface area contributed by atoms with Gasteiger partial charge in [0.1, 0.15) is 18.4 Å². The number of rotatable bonds is 5. The number of aromatic nitrogens is 2. The van der Waals surface area contributed by atoms with Crippen LogP contribution in [0.1, 0.15) is 24.2 Å². The summed E-state index contributed by atoms with van der Waals surface area (Å²) in [5.74, 6) is -0.302. The number of benzene rings is 1. The van der Waals surface area contributed by atoms with Gasteiger partial charge in [0.05, 0.1) is 11.3 Å². The Labute approximate surface area is 172 Å². The molecule has 1 aliphatic rings. The number of amides is 2. The van der Waals surface area contributed by atoms with Crippen molar-refractivity contribution in [2.75, 3.05) is 17.2 Å². The van der Waals surface area contributed by atoms with Gasteiger partial charge in [-0.15, -0.1) is 11.3 Å². The molecular weight excluding hydrogens is 386 g/mol. The van der Waals surface area contributed by atoms with Crippen molar-refractivity contribution in [3.05, 3.63) is 59.6 Å². The minimum Gasteiger partial charge on any atom is -0.364 e. The molecule has 0 aliphatic carbocycles. The Morgan fingerprint density at radius 3 is 2.76 bits per heavy atom. The van der Waals surface area contributed by atoms with Gasteiger partial charge in [-0.3, -0.25) is 14.6 Å². The van der Waals surface area contributed by atoms with Crippen LogP contribution in [-0.4, -0.2) is 39.4 Å². The highest BCUT2D eigenvalue weighted by atomic mass is 32.1. The molecule has 0 unspecified atom stereocenters. The number of carbonyl (C=O) groups is 2. The van der Waals surface area contributed by atoms with E-state index >= 15 is 0 Å². The molecule has 2 N–H and O–H groups in total. The summed E-state index contributed by atoms with van der Waals surface area (Å²) in [6.07, 6.45) is 1.44. The van der Waals surface area contributed by atoms with Crippen molar-refractivity contribution in [2.45, 2.75) is 20.0 Å². The summed E-state index contributed by atoms with van der Waals surface area (Å²) in [4.78, 5) is 35.9. The van der Waals surface area contributed by atoms with Crippen LogP contribution in [0.2, 0.25) is 0 Å². The first-order valence-corrected chi connectivity index (χ1v) is 10.2. The molecule has 8 heteroatoms. The fourth-order valence-corrected chi connectivity index (χ4v) is 4.01. The van der Waals surface area contributed by atoms with Gasteiger partial charge in [0, 0.05) is 17.3 Å². The summed E-state index contributed by atoms with van der Waals surface area (Å²) in [5, 5.41) is 8.50. The Morgan fingerprint density at radius 1 is 1.21 bits per heavy atom. The number of para-hydroxylation sites is 1. The molecule has 1 atom stereocenters. The molecule has 0 bridgehead atoms. The summed E-state index contributed by atoms with van der Waals surface area (Å²) >= 11 is 1.33. The second kappa shape index (κ2) is 8.00. The maximum absolute atomic E-state index is 13.0. The standard InChI is InChI=1S/C21H21N5O2S/c1-13(2)19-23-15-8-4-3-7-14(15)20(28)26(19)11-18(27)25-21-24-17(12-29-21)16-9-5-6-10-22-16/h3-10,12-13,19,23H,11H2,1-2H3,(H,24,25,27)/t19-/m0/s1. The number of pyridine rings is 1. The molecular formula is C21H21N5O2S. The summed E-state index contributed by atoms with van der Waals surface area (Å²) < 4.78 is 0. The highest BCUT2D eigenvalue weighted by Crippen LogP contribution is 2.28. The molecule has 1 aliphatic heterocycles. The quantitative estimate of drug-likeness (QED) is 0.673. The summed E-state index contributed by atoms with van der Waals surface area (Å²) in [7, 11) is 0. The smallest absolute Gasteiger partial charge is 0.258 e. The lowest BCUT2D eigenvalue weighted by atomic mass is 10.0. The van der Waals surface area contributed by atoms with Crippen LogP contribution in [0.4, 0.5) is 10.8 Å². The fourth-order valence-electron chi connectivity index (χ4n) is 3.29. The van der Waals surface area contributed by atoms with E-state index in [4.69, 9.17) is 0 Å². The lowest BCUT2D eigenvalue weighted by Crippen LogP contribution is -2.53. The first-order chi connectivity index (χ1) is 14.0. The monoisotopic (exact) mass is 407 g/mol. The third kappa shape index (κ3) is 3.97. The third-order valence-electron chi connectivity index (χ3n) is 4.68. The Balaban J connectivity index is 1.49. The van der Waals surface area contributed by atoms with E-state index in [1.54, 1.807) is 17.2 Å². The van der Waals surface area contributed by atoms with E-state index in [0.29, 0.717) is 16.4 Å². The van der Waals surface area contributed by atoms with Crippen molar-refractivity contribution >= 4 is 34.0 Å². The number of nitrogens with zero attached hydrogens (tertiary/aromatic N) is 3. The zero-order valence-electron chi connectivity index (χ0n) is 16.1. The van der Waals surface area contributed by atoms with E-state index in [1.807, 2.05) is 55.6 Å². The lowest BCUT2D eigenvalue weighted by molar-refractivity contribution is -0.117. The molecule has 0 fully saturated rings. The number of hydrogen-bond donors (Lipinski definition) is 2. The zero-order chi connectivity index (χ0) is 20.4. The molecule has 4 rings (SSSR count). The van der Waals surface area contributed by atoms with Crippen LogP contribution in [0.3, 0.4) is 0 Å². The van der Waals surface area contributed by atoms with Gasteiger partial charge in [0.2, 0.25) is 5.91 Å². The van der Waals surface area contributed by atoms with Crippen molar-refractivity contribution in [1.82, 2.24) is 14.9 Å². The van der Waals surface area contributed by atoms with E-state index < -0.39 is 0 Å². The van der Waals surface area contributed by atoms with Crippen LogP contribution in [0.5, 0.6) is 0 Å². The van der Waals surface area contributed by atoms with Gasteiger partial charge in [-0.05, 0) is 30.2 Å². The number of carbonyl (C=O) groups excluding carboxylic acids is 2. The molecule has 1 aromatic carbocycles. The van der Waals surface area contributed by atoms with Crippen LogP contribution < -0.4 is 10.6 Å². The minimum atomic E-state index is -0.285. The Morgan fingerprint density at radius 2 is 2.00 bits per heavy atom. The summed E-state index contributed by atoms with van der Waals surface area (Å²) in [6.45, 7) is 3.98. The van der Waals surface area contributed by atoms with E-state index in [9.17, 15) is 9.59 Å². The second-order valence-electron chi connectivity index (χ2n) is 7.11. The Hall–Kier alpha value is -3.26. The highest BCUT2D eigenvalue weighted by Gasteiger charge is 2.34. The molecule has 0 spiro atoms. The SMILES string of the molecule is CC(C)[C@H]1Nc2ccccc2C(=O)N1CC(=O)Nc1nc(-c2ccccn2)cs1. The van der Waals surface area contributed by atoms with E-state index in [1.165, 1.54) is 11.3 Å². The molecule has 2 amide bonds. The van der Waals surface area contributed by atoms with Gasteiger partial charge < -0.3 is 15.5 Å². The number of fused-ring (bicyclic) bond motifs is 1. The molecule has 0 saturated heterocycles. The van der Waals surface area contributed by atoms with Crippen LogP contribution in [0.25, 0.3) is 11.4 Å². The molecule has 0 saturated carbocycles. The molecule has 148 valence electrons. The van der Waals surface area contributed by atoms with Gasteiger partial charge in [0.15, 0.2) is 5.13 Å². The van der Waals surface area contributed by atoms with E-state index in [2.05, 4.69) is 20.6 Å². The second-order valence-corrected chi connectivity index (χ2v) is 7.97. The van der Waals surface area contributed by atoms with Crippen molar-refractivity contribution in [3.63, 3.8) is 0 Å². The minimum absolute atomic E-state index is 0.0541. The third-order valence-corrected chi connectivity index (χ3v) is 5.44. The zero-order valence-corrected chi connectivity index (χ0v) is 16.9. The summed E-state index contributed by atoms with van der Waals surface area (Å²) in [5.41, 5.74) is 2.82. The van der Waals surface area contributed by atoms with Gasteiger partial charge in [0.25, 0.3) is 5.91 Å². The number of hydrogen-bond acceptors (Lipinski definition) is 6. The Bertz CT molecular complexity index is 1030. The fraction of sp³-hybridized carbons (Fsp3) is 0.238. The van der Waals surface area contributed by atoms with Crippen molar-refractivity contribution in [3.8, 4) is 11.4 Å². The van der Waals surface area contributed by atoms with Gasteiger partial charge in [-0.25, -0.2) is 4.98 Å². The predicted octanol–water partition coefficient (Wildman–Crippen LogP) is 3.69. The van der Waals surface area contributed by atoms with E-state index in [0.717, 1.165) is 11.4 Å². The molecule has 3 heterocycles. The average Bonchev–Trinajstić information content (AvgIpc) is 3.19.